The molecule has 2 rings (SSSR count). The molecule has 0 aromatic heterocycles. The average molecular weight is 326 g/mol. The number of rotatable bonds is 4. The molecule has 1 aliphatic rings. The number of hydrogen-bond acceptors (Lipinski definition) is 2. The molecule has 0 aliphatic heterocycles. The summed E-state index contributed by atoms with van der Waals surface area (Å²) >= 11 is 3.44. The first-order valence-corrected chi connectivity index (χ1v) is 7.66. The van der Waals surface area contributed by atoms with Crippen LogP contribution in [0.3, 0.4) is 0 Å². The molecule has 104 valence electrons. The summed E-state index contributed by atoms with van der Waals surface area (Å²) in [5, 5.41) is 11.9. The van der Waals surface area contributed by atoms with Gasteiger partial charge in [-0.05, 0) is 66.1 Å². The minimum atomic E-state index is 0.113. The fourth-order valence-corrected chi connectivity index (χ4v) is 3.08. The van der Waals surface area contributed by atoms with Crippen molar-refractivity contribution in [1.29, 1.82) is 0 Å². The Morgan fingerprint density at radius 1 is 1.26 bits per heavy atom. The van der Waals surface area contributed by atoms with Crippen molar-refractivity contribution in [2.75, 3.05) is 11.9 Å². The van der Waals surface area contributed by atoms with Crippen LogP contribution in [0.1, 0.15) is 32.1 Å². The van der Waals surface area contributed by atoms with Crippen LogP contribution in [0.15, 0.2) is 28.7 Å². The second-order valence-electron chi connectivity index (χ2n) is 5.20. The van der Waals surface area contributed by atoms with Crippen LogP contribution < -0.4 is 5.32 Å². The summed E-state index contributed by atoms with van der Waals surface area (Å²) in [6, 6.07) is 7.67. The standard InChI is InChI=1S/C15H20BrNO2/c16-13-3-1-2-4-14(13)17-15(19)12-7-5-11(6-8-12)9-10-18/h1-4,11-12,18H,5-10H2,(H,17,19). The first-order chi connectivity index (χ1) is 9.20. The van der Waals surface area contributed by atoms with Gasteiger partial charge < -0.3 is 10.4 Å². The van der Waals surface area contributed by atoms with Gasteiger partial charge in [-0.3, -0.25) is 4.79 Å². The van der Waals surface area contributed by atoms with E-state index in [1.54, 1.807) is 0 Å². The Balaban J connectivity index is 1.87. The Labute approximate surface area is 122 Å². The van der Waals surface area contributed by atoms with Crippen LogP contribution in [0.4, 0.5) is 5.69 Å². The van der Waals surface area contributed by atoms with E-state index in [0.717, 1.165) is 42.3 Å². The van der Waals surface area contributed by atoms with E-state index in [0.29, 0.717) is 5.92 Å². The number of para-hydroxylation sites is 1. The maximum absolute atomic E-state index is 12.2. The average Bonchev–Trinajstić information content (AvgIpc) is 2.42. The quantitative estimate of drug-likeness (QED) is 0.888. The van der Waals surface area contributed by atoms with Crippen LogP contribution in [-0.2, 0) is 4.79 Å². The van der Waals surface area contributed by atoms with Gasteiger partial charge in [-0.25, -0.2) is 0 Å². The van der Waals surface area contributed by atoms with Crippen LogP contribution in [0.2, 0.25) is 0 Å². The number of carbonyl (C=O) groups is 1. The van der Waals surface area contributed by atoms with Gasteiger partial charge in [0.2, 0.25) is 5.91 Å². The Bertz CT molecular complexity index is 428. The topological polar surface area (TPSA) is 49.3 Å². The third kappa shape index (κ3) is 4.05. The molecule has 0 unspecified atom stereocenters. The molecular weight excluding hydrogens is 306 g/mol. The number of halogens is 1. The zero-order valence-electron chi connectivity index (χ0n) is 10.9. The highest BCUT2D eigenvalue weighted by atomic mass is 79.9. The summed E-state index contributed by atoms with van der Waals surface area (Å²) in [5.41, 5.74) is 0.838. The minimum absolute atomic E-state index is 0.113. The summed E-state index contributed by atoms with van der Waals surface area (Å²) in [6.07, 6.45) is 4.84. The van der Waals surface area contributed by atoms with E-state index >= 15 is 0 Å². The van der Waals surface area contributed by atoms with E-state index in [9.17, 15) is 4.79 Å². The van der Waals surface area contributed by atoms with Crippen molar-refractivity contribution in [3.8, 4) is 0 Å². The van der Waals surface area contributed by atoms with Crippen molar-refractivity contribution in [3.63, 3.8) is 0 Å². The summed E-state index contributed by atoms with van der Waals surface area (Å²) in [5.74, 6) is 0.828. The first-order valence-electron chi connectivity index (χ1n) is 6.87. The Morgan fingerprint density at radius 2 is 1.95 bits per heavy atom. The predicted octanol–water partition coefficient (Wildman–Crippen LogP) is 3.58. The van der Waals surface area contributed by atoms with E-state index in [-0.39, 0.29) is 18.4 Å². The number of amides is 1. The highest BCUT2D eigenvalue weighted by Crippen LogP contribution is 2.32. The second-order valence-corrected chi connectivity index (χ2v) is 6.05. The third-order valence-corrected chi connectivity index (χ3v) is 4.58. The van der Waals surface area contributed by atoms with Crippen LogP contribution >= 0.6 is 15.9 Å². The van der Waals surface area contributed by atoms with Crippen LogP contribution in [0.25, 0.3) is 0 Å². The fraction of sp³-hybridized carbons (Fsp3) is 0.533. The highest BCUT2D eigenvalue weighted by Gasteiger charge is 2.26. The zero-order chi connectivity index (χ0) is 13.7. The Hall–Kier alpha value is -0.870. The molecule has 0 heterocycles. The van der Waals surface area contributed by atoms with Gasteiger partial charge in [0.25, 0.3) is 0 Å². The molecular formula is C15H20BrNO2. The number of nitrogens with one attached hydrogen (secondary N) is 1. The van der Waals surface area contributed by atoms with Gasteiger partial charge in [-0.1, -0.05) is 12.1 Å². The Morgan fingerprint density at radius 3 is 2.58 bits per heavy atom. The lowest BCUT2D eigenvalue weighted by Crippen LogP contribution is -2.27. The molecule has 0 atom stereocenters. The van der Waals surface area contributed by atoms with E-state index < -0.39 is 0 Å². The monoisotopic (exact) mass is 325 g/mol. The van der Waals surface area contributed by atoms with Gasteiger partial charge in [0, 0.05) is 17.0 Å². The van der Waals surface area contributed by atoms with Crippen molar-refractivity contribution >= 4 is 27.5 Å². The van der Waals surface area contributed by atoms with Gasteiger partial charge in [0.1, 0.15) is 0 Å². The zero-order valence-corrected chi connectivity index (χ0v) is 12.5. The summed E-state index contributed by atoms with van der Waals surface area (Å²) < 4.78 is 0.914. The molecule has 1 aliphatic carbocycles. The number of carbonyl (C=O) groups excluding carboxylic acids is 1. The highest BCUT2D eigenvalue weighted by molar-refractivity contribution is 9.10. The van der Waals surface area contributed by atoms with Gasteiger partial charge in [-0.2, -0.15) is 0 Å². The number of aliphatic hydroxyl groups excluding tert-OH is 1. The van der Waals surface area contributed by atoms with Gasteiger partial charge in [0.05, 0.1) is 5.69 Å². The number of anilines is 1. The molecule has 1 saturated carbocycles. The maximum Gasteiger partial charge on any atom is 0.227 e. The van der Waals surface area contributed by atoms with E-state index in [1.807, 2.05) is 24.3 Å². The summed E-state index contributed by atoms with van der Waals surface area (Å²) in [4.78, 5) is 12.2. The lowest BCUT2D eigenvalue weighted by molar-refractivity contribution is -0.121. The molecule has 0 bridgehead atoms. The SMILES string of the molecule is O=C(Nc1ccccc1Br)C1CCC(CCO)CC1. The van der Waals surface area contributed by atoms with Crippen molar-refractivity contribution in [3.05, 3.63) is 28.7 Å². The van der Waals surface area contributed by atoms with Gasteiger partial charge >= 0.3 is 0 Å². The van der Waals surface area contributed by atoms with Crippen molar-refractivity contribution < 1.29 is 9.90 Å². The minimum Gasteiger partial charge on any atom is -0.396 e. The normalized spacial score (nSPS) is 23.1. The number of aliphatic hydroxyl groups is 1. The fourth-order valence-electron chi connectivity index (χ4n) is 2.69. The molecule has 1 amide bonds. The van der Waals surface area contributed by atoms with E-state index in [1.165, 1.54) is 0 Å². The van der Waals surface area contributed by atoms with Crippen LogP contribution in [0.5, 0.6) is 0 Å². The summed E-state index contributed by atoms with van der Waals surface area (Å²) in [7, 11) is 0. The van der Waals surface area contributed by atoms with Gasteiger partial charge in [-0.15, -0.1) is 0 Å². The molecule has 4 heteroatoms. The van der Waals surface area contributed by atoms with Crippen molar-refractivity contribution in [1.82, 2.24) is 0 Å². The smallest absolute Gasteiger partial charge is 0.227 e. The predicted molar refractivity (Wildman–Crippen MR) is 79.9 cm³/mol. The lowest BCUT2D eigenvalue weighted by Gasteiger charge is -2.27. The second kappa shape index (κ2) is 7.06. The third-order valence-electron chi connectivity index (χ3n) is 3.89. The maximum atomic E-state index is 12.2. The molecule has 2 N–H and O–H groups in total. The molecule has 19 heavy (non-hydrogen) atoms. The molecule has 1 aromatic rings. The first kappa shape index (κ1) is 14.5. The number of benzene rings is 1. The number of hydrogen-bond donors (Lipinski definition) is 2. The van der Waals surface area contributed by atoms with Crippen molar-refractivity contribution in [2.45, 2.75) is 32.1 Å². The Kier molecular flexibility index (Phi) is 5.40. The molecule has 3 nitrogen and oxygen atoms in total. The van der Waals surface area contributed by atoms with Crippen LogP contribution in [-0.4, -0.2) is 17.6 Å². The van der Waals surface area contributed by atoms with Crippen molar-refractivity contribution in [2.24, 2.45) is 11.8 Å². The van der Waals surface area contributed by atoms with Gasteiger partial charge in [0.15, 0.2) is 0 Å². The lowest BCUT2D eigenvalue weighted by atomic mass is 9.80. The molecule has 1 aromatic carbocycles. The van der Waals surface area contributed by atoms with Crippen LogP contribution in [0, 0.1) is 11.8 Å². The molecule has 0 saturated heterocycles. The molecule has 1 fully saturated rings. The largest absolute Gasteiger partial charge is 0.396 e. The van der Waals surface area contributed by atoms with E-state index in [4.69, 9.17) is 5.11 Å². The summed E-state index contributed by atoms with van der Waals surface area (Å²) in [6.45, 7) is 0.262. The van der Waals surface area contributed by atoms with E-state index in [2.05, 4.69) is 21.2 Å². The molecule has 0 radical (unpaired) electrons. The molecule has 0 spiro atoms.